The first-order valence-electron chi connectivity index (χ1n) is 9.91. The molecule has 0 spiro atoms. The number of nitro benzene ring substituents is 1. The molecule has 178 valence electrons. The zero-order valence-electron chi connectivity index (χ0n) is 17.7. The van der Waals surface area contributed by atoms with Crippen LogP contribution in [0.4, 0.5) is 14.9 Å². The minimum absolute atomic E-state index is 0.00934. The third kappa shape index (κ3) is 5.55. The van der Waals surface area contributed by atoms with Crippen LogP contribution in [0.1, 0.15) is 11.1 Å². The van der Waals surface area contributed by atoms with Crippen LogP contribution in [-0.4, -0.2) is 29.4 Å². The maximum atomic E-state index is 13.1. The molecule has 0 aromatic heterocycles. The van der Waals surface area contributed by atoms with Gasteiger partial charge in [-0.15, -0.1) is 0 Å². The van der Waals surface area contributed by atoms with Crippen LogP contribution in [0.2, 0.25) is 0 Å². The molecule has 3 aromatic rings. The van der Waals surface area contributed by atoms with Crippen molar-refractivity contribution in [3.05, 3.63) is 105 Å². The molecule has 9 nitrogen and oxygen atoms in total. The number of carbonyl (C=O) groups excluding carboxylic acids is 2. The Morgan fingerprint density at radius 1 is 0.971 bits per heavy atom. The fourth-order valence-corrected chi connectivity index (χ4v) is 4.86. The van der Waals surface area contributed by atoms with Gasteiger partial charge in [0.05, 0.1) is 16.4 Å². The topological polar surface area (TPSA) is 124 Å². The predicted octanol–water partition coefficient (Wildman–Crippen LogP) is 4.74. The molecular formula is C23H15FN2O7S2. The number of nitrogens with zero attached hydrogens (tertiary/aromatic N) is 2. The van der Waals surface area contributed by atoms with Gasteiger partial charge in [-0.1, -0.05) is 24.3 Å². The van der Waals surface area contributed by atoms with Crippen LogP contribution < -0.4 is 4.18 Å². The van der Waals surface area contributed by atoms with Crippen LogP contribution in [0.25, 0.3) is 6.08 Å². The van der Waals surface area contributed by atoms with Gasteiger partial charge in [0.15, 0.2) is 0 Å². The summed E-state index contributed by atoms with van der Waals surface area (Å²) < 4.78 is 43.0. The van der Waals surface area contributed by atoms with E-state index in [0.29, 0.717) is 11.1 Å². The second kappa shape index (κ2) is 9.68. The highest BCUT2D eigenvalue weighted by atomic mass is 32.2. The van der Waals surface area contributed by atoms with Crippen LogP contribution in [-0.2, 0) is 21.5 Å². The summed E-state index contributed by atoms with van der Waals surface area (Å²) in [6, 6.07) is 15.5. The number of halogens is 1. The highest BCUT2D eigenvalue weighted by Gasteiger charge is 2.35. The molecule has 1 heterocycles. The Labute approximate surface area is 203 Å². The Bertz CT molecular complexity index is 1440. The molecule has 0 radical (unpaired) electrons. The molecule has 1 aliphatic heterocycles. The van der Waals surface area contributed by atoms with Gasteiger partial charge in [-0.3, -0.25) is 24.6 Å². The van der Waals surface area contributed by atoms with Gasteiger partial charge in [0.1, 0.15) is 16.5 Å². The summed E-state index contributed by atoms with van der Waals surface area (Å²) in [6.45, 7) is 0.00949. The van der Waals surface area contributed by atoms with E-state index in [1.54, 1.807) is 0 Å². The Hall–Kier alpha value is -4.03. The van der Waals surface area contributed by atoms with E-state index in [4.69, 9.17) is 4.18 Å². The third-order valence-corrected chi connectivity index (χ3v) is 7.02. The van der Waals surface area contributed by atoms with Gasteiger partial charge in [0, 0.05) is 12.1 Å². The molecule has 0 aliphatic carbocycles. The van der Waals surface area contributed by atoms with Gasteiger partial charge in [-0.2, -0.15) is 8.42 Å². The second-order valence-corrected chi connectivity index (χ2v) is 9.79. The van der Waals surface area contributed by atoms with Crippen molar-refractivity contribution in [3.63, 3.8) is 0 Å². The summed E-state index contributed by atoms with van der Waals surface area (Å²) >= 11 is 0.763. The maximum absolute atomic E-state index is 13.1. The second-order valence-electron chi connectivity index (χ2n) is 7.25. The van der Waals surface area contributed by atoms with E-state index >= 15 is 0 Å². The Morgan fingerprint density at radius 3 is 2.20 bits per heavy atom. The summed E-state index contributed by atoms with van der Waals surface area (Å²) in [7, 11) is -4.22. The third-order valence-electron chi connectivity index (χ3n) is 4.85. The van der Waals surface area contributed by atoms with Crippen molar-refractivity contribution < 1.29 is 31.5 Å². The van der Waals surface area contributed by atoms with Crippen LogP contribution in [0.5, 0.6) is 5.75 Å². The number of imide groups is 1. The number of amides is 2. The Kier molecular flexibility index (Phi) is 6.67. The van der Waals surface area contributed by atoms with Gasteiger partial charge >= 0.3 is 10.1 Å². The maximum Gasteiger partial charge on any atom is 0.339 e. The summed E-state index contributed by atoms with van der Waals surface area (Å²) in [5.41, 5.74) is 0.874. The van der Waals surface area contributed by atoms with Gasteiger partial charge in [-0.25, -0.2) is 4.39 Å². The molecule has 1 saturated heterocycles. The molecule has 12 heteroatoms. The molecule has 0 atom stereocenters. The number of benzene rings is 3. The van der Waals surface area contributed by atoms with Crippen LogP contribution in [0, 0.1) is 15.9 Å². The molecule has 3 aromatic carbocycles. The largest absolute Gasteiger partial charge is 0.379 e. The van der Waals surface area contributed by atoms with E-state index < -0.39 is 32.0 Å². The zero-order valence-corrected chi connectivity index (χ0v) is 19.3. The van der Waals surface area contributed by atoms with E-state index in [-0.39, 0.29) is 27.8 Å². The fraction of sp³-hybridized carbons (Fsp3) is 0.0435. The first-order chi connectivity index (χ1) is 16.6. The van der Waals surface area contributed by atoms with Gasteiger partial charge in [-0.05, 0) is 65.4 Å². The van der Waals surface area contributed by atoms with Crippen molar-refractivity contribution in [3.8, 4) is 5.75 Å². The summed E-state index contributed by atoms with van der Waals surface area (Å²) in [5.74, 6) is -0.925. The number of carbonyl (C=O) groups is 2. The fourth-order valence-electron chi connectivity index (χ4n) is 3.09. The van der Waals surface area contributed by atoms with E-state index in [9.17, 15) is 32.5 Å². The molecular weight excluding hydrogens is 499 g/mol. The highest BCUT2D eigenvalue weighted by Crippen LogP contribution is 2.33. The minimum atomic E-state index is -4.22. The number of rotatable bonds is 7. The number of hydrogen-bond donors (Lipinski definition) is 0. The zero-order chi connectivity index (χ0) is 25.2. The van der Waals surface area contributed by atoms with Crippen molar-refractivity contribution in [1.29, 1.82) is 0 Å². The molecule has 0 unspecified atom stereocenters. The SMILES string of the molecule is O=C1S/C(=C\c2ccc(OS(=O)(=O)c3ccc([N+](=O)[O-])cc3)cc2)C(=O)N1Cc1ccc(F)cc1. The van der Waals surface area contributed by atoms with Gasteiger partial charge < -0.3 is 4.18 Å². The van der Waals surface area contributed by atoms with Crippen LogP contribution in [0.15, 0.2) is 82.6 Å². The van der Waals surface area contributed by atoms with E-state index in [0.717, 1.165) is 40.9 Å². The van der Waals surface area contributed by atoms with E-state index in [1.165, 1.54) is 54.6 Å². The number of thioether (sulfide) groups is 1. The lowest BCUT2D eigenvalue weighted by Gasteiger charge is -2.12. The lowest BCUT2D eigenvalue weighted by Crippen LogP contribution is -2.27. The van der Waals surface area contributed by atoms with Crippen molar-refractivity contribution in [2.75, 3.05) is 0 Å². The standard InChI is InChI=1S/C23H15FN2O7S2/c24-17-5-1-16(2-6-17)14-25-22(27)21(34-23(25)28)13-15-3-9-19(10-4-15)33-35(31,32)20-11-7-18(8-12-20)26(29)30/h1-13H,14H2/b21-13-. The lowest BCUT2D eigenvalue weighted by atomic mass is 10.2. The van der Waals surface area contributed by atoms with E-state index in [1.807, 2.05) is 0 Å². The molecule has 2 amide bonds. The smallest absolute Gasteiger partial charge is 0.339 e. The lowest BCUT2D eigenvalue weighted by molar-refractivity contribution is -0.384. The van der Waals surface area contributed by atoms with Crippen molar-refractivity contribution in [2.24, 2.45) is 0 Å². The molecule has 35 heavy (non-hydrogen) atoms. The van der Waals surface area contributed by atoms with Crippen molar-refractivity contribution in [1.82, 2.24) is 4.90 Å². The summed E-state index contributed by atoms with van der Waals surface area (Å²) in [4.78, 5) is 36.0. The average molecular weight is 515 g/mol. The normalized spacial score (nSPS) is 15.0. The van der Waals surface area contributed by atoms with Gasteiger partial charge in [0.2, 0.25) is 0 Å². The predicted molar refractivity (Wildman–Crippen MR) is 125 cm³/mol. The van der Waals surface area contributed by atoms with Crippen molar-refractivity contribution in [2.45, 2.75) is 11.4 Å². The summed E-state index contributed by atoms with van der Waals surface area (Å²) in [5, 5.41) is 10.3. The number of hydrogen-bond acceptors (Lipinski definition) is 8. The van der Waals surface area contributed by atoms with E-state index in [2.05, 4.69) is 0 Å². The number of nitro groups is 1. The average Bonchev–Trinajstić information content (AvgIpc) is 3.09. The Balaban J connectivity index is 1.45. The van der Waals surface area contributed by atoms with Crippen LogP contribution in [0.3, 0.4) is 0 Å². The number of non-ortho nitro benzene ring substituents is 1. The molecule has 0 saturated carbocycles. The minimum Gasteiger partial charge on any atom is -0.379 e. The Morgan fingerprint density at radius 2 is 1.60 bits per heavy atom. The van der Waals surface area contributed by atoms with Crippen LogP contribution >= 0.6 is 11.8 Å². The molecule has 0 bridgehead atoms. The first kappa shape index (κ1) is 24.1. The van der Waals surface area contributed by atoms with Gasteiger partial charge in [0.25, 0.3) is 16.8 Å². The molecule has 1 fully saturated rings. The molecule has 0 N–H and O–H groups in total. The highest BCUT2D eigenvalue weighted by molar-refractivity contribution is 8.18. The summed E-state index contributed by atoms with van der Waals surface area (Å²) in [6.07, 6.45) is 1.49. The van der Waals surface area contributed by atoms with Crippen molar-refractivity contribution >= 4 is 44.8 Å². The monoisotopic (exact) mass is 514 g/mol. The molecule has 1 aliphatic rings. The molecule has 4 rings (SSSR count). The quantitative estimate of drug-likeness (QED) is 0.192. The first-order valence-corrected chi connectivity index (χ1v) is 12.1.